The van der Waals surface area contributed by atoms with Gasteiger partial charge in [-0.3, -0.25) is 4.79 Å². The molecule has 0 aromatic heterocycles. The summed E-state index contributed by atoms with van der Waals surface area (Å²) in [7, 11) is -3.28. The van der Waals surface area contributed by atoms with E-state index in [1.54, 1.807) is 4.31 Å². The minimum Gasteiger partial charge on any atom is -0.396 e. The van der Waals surface area contributed by atoms with Crippen LogP contribution in [0.1, 0.15) is 52.4 Å². The van der Waals surface area contributed by atoms with E-state index in [4.69, 9.17) is 0 Å². The van der Waals surface area contributed by atoms with E-state index in [-0.39, 0.29) is 30.1 Å². The van der Waals surface area contributed by atoms with Crippen molar-refractivity contribution < 1.29 is 18.3 Å². The Balaban J connectivity index is 1.67. The highest BCUT2D eigenvalue weighted by molar-refractivity contribution is 7.89. The fourth-order valence-corrected chi connectivity index (χ4v) is 7.21. The molecule has 3 fully saturated rings. The van der Waals surface area contributed by atoms with Gasteiger partial charge in [-0.25, -0.2) is 12.7 Å². The topological polar surface area (TPSA) is 77.9 Å². The highest BCUT2D eigenvalue weighted by Crippen LogP contribution is 2.44. The van der Waals surface area contributed by atoms with Crippen molar-refractivity contribution in [3.8, 4) is 0 Å². The van der Waals surface area contributed by atoms with Gasteiger partial charge in [-0.2, -0.15) is 0 Å². The summed E-state index contributed by atoms with van der Waals surface area (Å²) >= 11 is 0. The maximum atomic E-state index is 12.9. The van der Waals surface area contributed by atoms with Gasteiger partial charge in [0.05, 0.1) is 12.4 Å². The Morgan fingerprint density at radius 3 is 2.35 bits per heavy atom. The maximum Gasteiger partial charge on any atom is 0.225 e. The molecule has 7 heteroatoms. The van der Waals surface area contributed by atoms with Crippen molar-refractivity contribution in [3.63, 3.8) is 0 Å². The Morgan fingerprint density at radius 1 is 1.15 bits per heavy atom. The number of likely N-dealkylation sites (tertiary alicyclic amines) is 1. The summed E-state index contributed by atoms with van der Waals surface area (Å²) in [4.78, 5) is 14.6. The fourth-order valence-electron chi connectivity index (χ4n) is 5.21. The molecule has 150 valence electrons. The van der Waals surface area contributed by atoms with Gasteiger partial charge in [0.15, 0.2) is 0 Å². The molecule has 2 unspecified atom stereocenters. The second-order valence-electron chi connectivity index (χ2n) is 8.67. The third kappa shape index (κ3) is 3.67. The second kappa shape index (κ2) is 7.76. The molecular weight excluding hydrogens is 352 g/mol. The van der Waals surface area contributed by atoms with E-state index in [9.17, 15) is 18.3 Å². The third-order valence-corrected chi connectivity index (χ3v) is 8.96. The van der Waals surface area contributed by atoms with E-state index < -0.39 is 15.4 Å². The van der Waals surface area contributed by atoms with Crippen molar-refractivity contribution in [2.75, 3.05) is 38.5 Å². The van der Waals surface area contributed by atoms with E-state index in [0.717, 1.165) is 38.5 Å². The van der Waals surface area contributed by atoms with E-state index in [1.807, 2.05) is 18.7 Å². The molecule has 1 amide bonds. The number of amides is 1. The number of aliphatic hydroxyl groups excluding tert-OH is 1. The number of sulfonamides is 1. The Hall–Kier alpha value is -0.660. The lowest BCUT2D eigenvalue weighted by Gasteiger charge is -2.29. The number of hydrogen-bond acceptors (Lipinski definition) is 4. The van der Waals surface area contributed by atoms with Crippen LogP contribution >= 0.6 is 0 Å². The lowest BCUT2D eigenvalue weighted by atomic mass is 9.82. The second-order valence-corrected chi connectivity index (χ2v) is 10.7. The summed E-state index contributed by atoms with van der Waals surface area (Å²) in [5.74, 6) is 0.782. The molecule has 6 nitrogen and oxygen atoms in total. The van der Waals surface area contributed by atoms with Crippen LogP contribution in [0.2, 0.25) is 0 Å². The summed E-state index contributed by atoms with van der Waals surface area (Å²) < 4.78 is 27.3. The van der Waals surface area contributed by atoms with Crippen molar-refractivity contribution in [2.45, 2.75) is 52.4 Å². The Bertz CT molecular complexity index is 613. The molecule has 1 N–H and O–H groups in total. The van der Waals surface area contributed by atoms with Gasteiger partial charge in [-0.15, -0.1) is 0 Å². The minimum absolute atomic E-state index is 0.0340. The minimum atomic E-state index is -3.28. The molecule has 2 saturated heterocycles. The number of fused-ring (bicyclic) bond motifs is 1. The van der Waals surface area contributed by atoms with Crippen LogP contribution in [-0.4, -0.2) is 67.2 Å². The zero-order valence-electron chi connectivity index (χ0n) is 16.2. The SMILES string of the molecule is CCC(CC)C(=O)N1CC2CN(S(=O)(=O)CC3CCCC3)CC2(CO)C1. The van der Waals surface area contributed by atoms with E-state index in [1.165, 1.54) is 0 Å². The lowest BCUT2D eigenvalue weighted by Crippen LogP contribution is -2.42. The summed E-state index contributed by atoms with van der Waals surface area (Å²) in [6, 6.07) is 0. The summed E-state index contributed by atoms with van der Waals surface area (Å²) in [5, 5.41) is 10.1. The number of nitrogens with zero attached hydrogens (tertiary/aromatic N) is 2. The summed E-state index contributed by atoms with van der Waals surface area (Å²) in [5.41, 5.74) is -0.482. The van der Waals surface area contributed by atoms with Crippen LogP contribution in [0.5, 0.6) is 0 Å². The number of hydrogen-bond donors (Lipinski definition) is 1. The first-order valence-electron chi connectivity index (χ1n) is 10.2. The molecule has 0 bridgehead atoms. The molecule has 1 aliphatic carbocycles. The first kappa shape index (κ1) is 20.1. The van der Waals surface area contributed by atoms with Gasteiger partial charge in [0.1, 0.15) is 0 Å². The zero-order valence-corrected chi connectivity index (χ0v) is 17.0. The number of aliphatic hydroxyl groups is 1. The molecule has 0 spiro atoms. The molecular formula is C19H34N2O4S. The lowest BCUT2D eigenvalue weighted by molar-refractivity contribution is -0.135. The predicted octanol–water partition coefficient (Wildman–Crippen LogP) is 1.70. The maximum absolute atomic E-state index is 12.9. The van der Waals surface area contributed by atoms with Crippen molar-refractivity contribution in [2.24, 2.45) is 23.2 Å². The molecule has 26 heavy (non-hydrogen) atoms. The average molecular weight is 387 g/mol. The zero-order chi connectivity index (χ0) is 18.9. The Morgan fingerprint density at radius 2 is 1.81 bits per heavy atom. The quantitative estimate of drug-likeness (QED) is 0.722. The van der Waals surface area contributed by atoms with Gasteiger partial charge in [0.2, 0.25) is 15.9 Å². The summed E-state index contributed by atoms with van der Waals surface area (Å²) in [6.07, 6.45) is 5.95. The number of carbonyl (C=O) groups excluding carboxylic acids is 1. The monoisotopic (exact) mass is 386 g/mol. The molecule has 2 heterocycles. The smallest absolute Gasteiger partial charge is 0.225 e. The highest BCUT2D eigenvalue weighted by atomic mass is 32.2. The molecule has 3 aliphatic rings. The van der Waals surface area contributed by atoms with Crippen LogP contribution in [0.25, 0.3) is 0 Å². The first-order valence-corrected chi connectivity index (χ1v) is 11.8. The van der Waals surface area contributed by atoms with E-state index >= 15 is 0 Å². The molecule has 0 radical (unpaired) electrons. The van der Waals surface area contributed by atoms with Crippen LogP contribution in [-0.2, 0) is 14.8 Å². The Labute approximate surface area is 158 Å². The van der Waals surface area contributed by atoms with Crippen LogP contribution in [0.15, 0.2) is 0 Å². The molecule has 2 atom stereocenters. The Kier molecular flexibility index (Phi) is 5.99. The van der Waals surface area contributed by atoms with Crippen LogP contribution < -0.4 is 0 Å². The molecule has 0 aromatic carbocycles. The van der Waals surface area contributed by atoms with Crippen molar-refractivity contribution in [1.29, 1.82) is 0 Å². The summed E-state index contributed by atoms with van der Waals surface area (Å²) in [6.45, 7) is 5.87. The fraction of sp³-hybridized carbons (Fsp3) is 0.947. The van der Waals surface area contributed by atoms with Crippen LogP contribution in [0.3, 0.4) is 0 Å². The number of carbonyl (C=O) groups is 1. The molecule has 0 aromatic rings. The average Bonchev–Trinajstić information content (AvgIpc) is 3.29. The largest absolute Gasteiger partial charge is 0.396 e. The first-order chi connectivity index (χ1) is 12.3. The van der Waals surface area contributed by atoms with Crippen LogP contribution in [0.4, 0.5) is 0 Å². The molecule has 1 saturated carbocycles. The van der Waals surface area contributed by atoms with E-state index in [0.29, 0.717) is 32.1 Å². The molecule has 2 aliphatic heterocycles. The standard InChI is InChI=1S/C19H34N2O4S/c1-3-16(4-2)18(23)20-9-17-10-21(13-19(17,12-20)14-22)26(24,25)11-15-7-5-6-8-15/h15-17,22H,3-14H2,1-2H3. The van der Waals surface area contributed by atoms with Gasteiger partial charge in [-0.1, -0.05) is 26.7 Å². The van der Waals surface area contributed by atoms with Gasteiger partial charge >= 0.3 is 0 Å². The van der Waals surface area contributed by atoms with Gasteiger partial charge in [0, 0.05) is 43.4 Å². The molecule has 3 rings (SSSR count). The third-order valence-electron chi connectivity index (χ3n) is 7.00. The van der Waals surface area contributed by atoms with Gasteiger partial charge in [0.25, 0.3) is 0 Å². The van der Waals surface area contributed by atoms with E-state index in [2.05, 4.69) is 0 Å². The van der Waals surface area contributed by atoms with Crippen LogP contribution in [0, 0.1) is 23.2 Å². The number of rotatable bonds is 7. The van der Waals surface area contributed by atoms with Gasteiger partial charge in [-0.05, 0) is 31.6 Å². The predicted molar refractivity (Wildman–Crippen MR) is 101 cm³/mol. The van der Waals surface area contributed by atoms with Crippen molar-refractivity contribution in [1.82, 2.24) is 9.21 Å². The normalized spacial score (nSPS) is 30.5. The van der Waals surface area contributed by atoms with Crippen molar-refractivity contribution in [3.05, 3.63) is 0 Å². The van der Waals surface area contributed by atoms with Crippen molar-refractivity contribution >= 4 is 15.9 Å². The van der Waals surface area contributed by atoms with Gasteiger partial charge < -0.3 is 10.0 Å². The highest BCUT2D eigenvalue weighted by Gasteiger charge is 2.55.